The Balaban J connectivity index is 2.30. The van der Waals surface area contributed by atoms with Gasteiger partial charge >= 0.3 is 0 Å². The Bertz CT molecular complexity index is 325. The van der Waals surface area contributed by atoms with Crippen LogP contribution < -0.4 is 5.32 Å². The molecule has 0 spiro atoms. The van der Waals surface area contributed by atoms with E-state index >= 15 is 0 Å². The van der Waals surface area contributed by atoms with E-state index in [-0.39, 0.29) is 0 Å². The minimum atomic E-state index is 0.494. The third-order valence-corrected chi connectivity index (χ3v) is 3.24. The molecule has 0 bridgehead atoms. The first-order chi connectivity index (χ1) is 8.67. The van der Waals surface area contributed by atoms with Crippen LogP contribution in [-0.2, 0) is 11.2 Å². The van der Waals surface area contributed by atoms with Gasteiger partial charge in [0.2, 0.25) is 0 Å². The van der Waals surface area contributed by atoms with Crippen LogP contribution in [0.25, 0.3) is 0 Å². The summed E-state index contributed by atoms with van der Waals surface area (Å²) in [6.45, 7) is 9.35. The van der Waals surface area contributed by atoms with Gasteiger partial charge in [0.25, 0.3) is 0 Å². The van der Waals surface area contributed by atoms with Gasteiger partial charge in [-0.05, 0) is 38.3 Å². The molecule has 0 aliphatic heterocycles. The molecule has 0 saturated carbocycles. The second-order valence-electron chi connectivity index (χ2n) is 5.05. The van der Waals surface area contributed by atoms with E-state index in [9.17, 15) is 0 Å². The molecule has 104 valence electrons. The van der Waals surface area contributed by atoms with Crippen LogP contribution in [0.2, 0.25) is 0 Å². The van der Waals surface area contributed by atoms with Gasteiger partial charge in [0.1, 0.15) is 0 Å². The van der Waals surface area contributed by atoms with Crippen molar-refractivity contribution in [1.29, 1.82) is 0 Å². The fourth-order valence-corrected chi connectivity index (χ4v) is 1.87. The van der Waals surface area contributed by atoms with E-state index in [2.05, 4.69) is 48.1 Å². The van der Waals surface area contributed by atoms with Crippen LogP contribution in [0.15, 0.2) is 12.3 Å². The maximum absolute atomic E-state index is 5.01. The number of methoxy groups -OCH3 is 1. The van der Waals surface area contributed by atoms with Crippen molar-refractivity contribution < 1.29 is 4.74 Å². The summed E-state index contributed by atoms with van der Waals surface area (Å²) in [5.41, 5.74) is 1.19. The summed E-state index contributed by atoms with van der Waals surface area (Å²) in [6, 6.07) is 2.63. The quantitative estimate of drug-likeness (QED) is 0.686. The first-order valence-electron chi connectivity index (χ1n) is 6.91. The molecular weight excluding hydrogens is 226 g/mol. The van der Waals surface area contributed by atoms with Crippen LogP contribution in [-0.4, -0.2) is 36.6 Å². The van der Waals surface area contributed by atoms with Gasteiger partial charge in [-0.3, -0.25) is 4.68 Å². The van der Waals surface area contributed by atoms with E-state index in [1.54, 1.807) is 7.11 Å². The predicted octanol–water partition coefficient (Wildman–Crippen LogP) is 2.27. The maximum atomic E-state index is 5.01. The Labute approximate surface area is 111 Å². The maximum Gasteiger partial charge on any atom is 0.0627 e. The topological polar surface area (TPSA) is 39.1 Å². The minimum absolute atomic E-state index is 0.494. The van der Waals surface area contributed by atoms with Crippen LogP contribution in [0.3, 0.4) is 0 Å². The lowest BCUT2D eigenvalue weighted by atomic mass is 10.1. The SMILES string of the molecule is CCC(C)n1ccc(CC(C)CNCCOC)n1. The molecule has 0 amide bonds. The van der Waals surface area contributed by atoms with Gasteiger partial charge in [-0.25, -0.2) is 0 Å². The average Bonchev–Trinajstić information content (AvgIpc) is 2.82. The van der Waals surface area contributed by atoms with E-state index in [1.807, 2.05) is 0 Å². The molecule has 4 nitrogen and oxygen atoms in total. The Morgan fingerprint density at radius 2 is 2.22 bits per heavy atom. The summed E-state index contributed by atoms with van der Waals surface area (Å²) < 4.78 is 7.08. The first-order valence-corrected chi connectivity index (χ1v) is 6.91. The first kappa shape index (κ1) is 15.2. The van der Waals surface area contributed by atoms with Crippen LogP contribution in [0, 0.1) is 5.92 Å². The Hall–Kier alpha value is -0.870. The summed E-state index contributed by atoms with van der Waals surface area (Å²) in [7, 11) is 1.73. The van der Waals surface area contributed by atoms with Crippen LogP contribution >= 0.6 is 0 Å². The van der Waals surface area contributed by atoms with Crippen molar-refractivity contribution in [1.82, 2.24) is 15.1 Å². The van der Waals surface area contributed by atoms with Crippen molar-refractivity contribution in [2.75, 3.05) is 26.8 Å². The number of hydrogen-bond donors (Lipinski definition) is 1. The molecular formula is C14H27N3O. The fraction of sp³-hybridized carbons (Fsp3) is 0.786. The van der Waals surface area contributed by atoms with Crippen molar-refractivity contribution in [2.24, 2.45) is 5.92 Å². The molecule has 0 fully saturated rings. The molecule has 0 radical (unpaired) electrons. The van der Waals surface area contributed by atoms with Gasteiger partial charge in [0.05, 0.1) is 12.3 Å². The number of ether oxygens (including phenoxy) is 1. The van der Waals surface area contributed by atoms with Crippen molar-refractivity contribution >= 4 is 0 Å². The highest BCUT2D eigenvalue weighted by atomic mass is 16.5. The summed E-state index contributed by atoms with van der Waals surface area (Å²) in [6.07, 6.45) is 4.24. The zero-order chi connectivity index (χ0) is 13.4. The Morgan fingerprint density at radius 1 is 1.44 bits per heavy atom. The summed E-state index contributed by atoms with van der Waals surface area (Å²) in [5, 5.41) is 8.02. The van der Waals surface area contributed by atoms with Crippen molar-refractivity contribution in [2.45, 2.75) is 39.7 Å². The van der Waals surface area contributed by atoms with E-state index in [4.69, 9.17) is 4.74 Å². The van der Waals surface area contributed by atoms with Crippen molar-refractivity contribution in [3.05, 3.63) is 18.0 Å². The number of rotatable bonds is 9. The summed E-state index contributed by atoms with van der Waals surface area (Å²) in [5.74, 6) is 0.599. The van der Waals surface area contributed by atoms with Gasteiger partial charge in [0.15, 0.2) is 0 Å². The molecule has 0 aliphatic carbocycles. The normalized spacial score (nSPS) is 14.7. The highest BCUT2D eigenvalue weighted by Crippen LogP contribution is 2.11. The lowest BCUT2D eigenvalue weighted by Gasteiger charge is -2.11. The molecule has 4 heteroatoms. The predicted molar refractivity (Wildman–Crippen MR) is 74.8 cm³/mol. The molecule has 0 aliphatic rings. The monoisotopic (exact) mass is 253 g/mol. The van der Waals surface area contributed by atoms with E-state index in [0.717, 1.165) is 32.5 Å². The van der Waals surface area contributed by atoms with Gasteiger partial charge in [0, 0.05) is 25.9 Å². The molecule has 1 aromatic heterocycles. The molecule has 1 N–H and O–H groups in total. The second-order valence-corrected chi connectivity index (χ2v) is 5.05. The standard InChI is InChI=1S/C14H27N3O/c1-5-13(3)17-8-6-14(16-17)10-12(2)11-15-7-9-18-4/h6,8,12-13,15H,5,7,9-11H2,1-4H3. The highest BCUT2D eigenvalue weighted by Gasteiger charge is 2.08. The van der Waals surface area contributed by atoms with Gasteiger partial charge in [-0.2, -0.15) is 5.10 Å². The lowest BCUT2D eigenvalue weighted by molar-refractivity contribution is 0.198. The highest BCUT2D eigenvalue weighted by molar-refractivity contribution is 5.00. The Kier molecular flexibility index (Phi) is 6.98. The molecule has 0 aromatic carbocycles. The zero-order valence-electron chi connectivity index (χ0n) is 12.1. The third-order valence-electron chi connectivity index (χ3n) is 3.24. The second kappa shape index (κ2) is 8.27. The number of hydrogen-bond acceptors (Lipinski definition) is 3. The smallest absolute Gasteiger partial charge is 0.0627 e. The van der Waals surface area contributed by atoms with E-state index in [1.165, 1.54) is 5.69 Å². The molecule has 2 unspecified atom stereocenters. The number of nitrogens with one attached hydrogen (secondary N) is 1. The Morgan fingerprint density at radius 3 is 2.89 bits per heavy atom. The number of nitrogens with zero attached hydrogens (tertiary/aromatic N) is 2. The minimum Gasteiger partial charge on any atom is -0.383 e. The average molecular weight is 253 g/mol. The molecule has 1 heterocycles. The number of aromatic nitrogens is 2. The van der Waals surface area contributed by atoms with Gasteiger partial charge < -0.3 is 10.1 Å². The van der Waals surface area contributed by atoms with E-state index in [0.29, 0.717) is 12.0 Å². The van der Waals surface area contributed by atoms with Gasteiger partial charge in [-0.1, -0.05) is 13.8 Å². The van der Waals surface area contributed by atoms with Gasteiger partial charge in [-0.15, -0.1) is 0 Å². The lowest BCUT2D eigenvalue weighted by Crippen LogP contribution is -2.25. The zero-order valence-corrected chi connectivity index (χ0v) is 12.1. The fourth-order valence-electron chi connectivity index (χ4n) is 1.87. The molecule has 18 heavy (non-hydrogen) atoms. The van der Waals surface area contributed by atoms with Crippen LogP contribution in [0.4, 0.5) is 0 Å². The van der Waals surface area contributed by atoms with Crippen molar-refractivity contribution in [3.63, 3.8) is 0 Å². The van der Waals surface area contributed by atoms with Crippen molar-refractivity contribution in [3.8, 4) is 0 Å². The molecule has 0 saturated heterocycles. The van der Waals surface area contributed by atoms with Crippen LogP contribution in [0.1, 0.15) is 38.9 Å². The summed E-state index contributed by atoms with van der Waals surface area (Å²) in [4.78, 5) is 0. The molecule has 1 rings (SSSR count). The summed E-state index contributed by atoms with van der Waals surface area (Å²) >= 11 is 0. The van der Waals surface area contributed by atoms with E-state index < -0.39 is 0 Å². The van der Waals surface area contributed by atoms with Crippen LogP contribution in [0.5, 0.6) is 0 Å². The molecule has 2 atom stereocenters. The molecule has 1 aromatic rings. The third kappa shape index (κ3) is 5.19. The largest absolute Gasteiger partial charge is 0.383 e.